The van der Waals surface area contributed by atoms with Crippen LogP contribution < -0.4 is 0 Å². The Hall–Kier alpha value is -0.670. The fourth-order valence-corrected chi connectivity index (χ4v) is 1.43. The molecule has 0 saturated carbocycles. The van der Waals surface area contributed by atoms with E-state index in [2.05, 4.69) is 0 Å². The van der Waals surface area contributed by atoms with Gasteiger partial charge in [-0.15, -0.1) is 0 Å². The SMILES string of the molecule is CC1OCC(O)C(O)[C@@]1(O)CC#N. The highest BCUT2D eigenvalue weighted by Gasteiger charge is 2.48. The van der Waals surface area contributed by atoms with Crippen LogP contribution in [0.5, 0.6) is 0 Å². The molecular formula is C8H13NO4. The Labute approximate surface area is 76.2 Å². The largest absolute Gasteiger partial charge is 0.388 e. The molecule has 0 aromatic heterocycles. The van der Waals surface area contributed by atoms with Gasteiger partial charge in [-0.3, -0.25) is 0 Å². The maximum atomic E-state index is 9.82. The van der Waals surface area contributed by atoms with Gasteiger partial charge in [0.15, 0.2) is 0 Å². The lowest BCUT2D eigenvalue weighted by Gasteiger charge is -2.42. The first-order valence-corrected chi connectivity index (χ1v) is 4.09. The summed E-state index contributed by atoms with van der Waals surface area (Å²) in [7, 11) is 0. The van der Waals surface area contributed by atoms with Crippen molar-refractivity contribution in [3.63, 3.8) is 0 Å². The van der Waals surface area contributed by atoms with Crippen LogP contribution in [0.25, 0.3) is 0 Å². The van der Waals surface area contributed by atoms with E-state index in [0.717, 1.165) is 0 Å². The molecule has 1 fully saturated rings. The monoisotopic (exact) mass is 187 g/mol. The van der Waals surface area contributed by atoms with Crippen LogP contribution in [-0.2, 0) is 4.74 Å². The predicted octanol–water partition coefficient (Wildman–Crippen LogP) is -1.23. The van der Waals surface area contributed by atoms with E-state index in [4.69, 9.17) is 10.00 Å². The Morgan fingerprint density at radius 3 is 2.77 bits per heavy atom. The molecule has 1 aliphatic rings. The second-order valence-corrected chi connectivity index (χ2v) is 3.31. The van der Waals surface area contributed by atoms with Crippen molar-refractivity contribution in [2.45, 2.75) is 37.3 Å². The van der Waals surface area contributed by atoms with Gasteiger partial charge in [-0.25, -0.2) is 0 Å². The van der Waals surface area contributed by atoms with Crippen molar-refractivity contribution in [2.75, 3.05) is 6.61 Å². The Balaban J connectivity index is 2.83. The van der Waals surface area contributed by atoms with E-state index in [-0.39, 0.29) is 13.0 Å². The molecule has 0 aliphatic carbocycles. The zero-order valence-electron chi connectivity index (χ0n) is 7.34. The Kier molecular flexibility index (Phi) is 2.88. The van der Waals surface area contributed by atoms with Crippen molar-refractivity contribution in [1.82, 2.24) is 0 Å². The smallest absolute Gasteiger partial charge is 0.132 e. The second kappa shape index (κ2) is 3.60. The summed E-state index contributed by atoms with van der Waals surface area (Å²) in [5, 5.41) is 36.9. The third-order valence-corrected chi connectivity index (χ3v) is 2.46. The van der Waals surface area contributed by atoms with Crippen LogP contribution >= 0.6 is 0 Å². The second-order valence-electron chi connectivity index (χ2n) is 3.31. The average Bonchev–Trinajstić information content (AvgIpc) is 2.10. The third-order valence-electron chi connectivity index (χ3n) is 2.46. The Morgan fingerprint density at radius 2 is 2.23 bits per heavy atom. The quantitative estimate of drug-likeness (QED) is 0.478. The normalized spacial score (nSPS) is 45.6. The number of hydrogen-bond donors (Lipinski definition) is 3. The maximum absolute atomic E-state index is 9.82. The topological polar surface area (TPSA) is 93.7 Å². The van der Waals surface area contributed by atoms with Crippen molar-refractivity contribution in [2.24, 2.45) is 0 Å². The molecule has 0 amide bonds. The summed E-state index contributed by atoms with van der Waals surface area (Å²) in [4.78, 5) is 0. The number of nitrogens with zero attached hydrogens (tertiary/aromatic N) is 1. The van der Waals surface area contributed by atoms with Crippen LogP contribution in [-0.4, -0.2) is 45.8 Å². The van der Waals surface area contributed by atoms with E-state index in [9.17, 15) is 15.3 Å². The van der Waals surface area contributed by atoms with E-state index >= 15 is 0 Å². The van der Waals surface area contributed by atoms with E-state index in [1.54, 1.807) is 13.0 Å². The molecule has 0 spiro atoms. The lowest BCUT2D eigenvalue weighted by molar-refractivity contribution is -0.235. The number of rotatable bonds is 1. The molecule has 0 radical (unpaired) electrons. The van der Waals surface area contributed by atoms with E-state index in [1.165, 1.54) is 0 Å². The number of aliphatic hydroxyl groups excluding tert-OH is 2. The minimum atomic E-state index is -1.66. The molecule has 3 unspecified atom stereocenters. The van der Waals surface area contributed by atoms with Crippen LogP contribution in [0.15, 0.2) is 0 Å². The molecule has 1 saturated heterocycles. The fourth-order valence-electron chi connectivity index (χ4n) is 1.43. The van der Waals surface area contributed by atoms with Crippen molar-refractivity contribution >= 4 is 0 Å². The summed E-state index contributed by atoms with van der Waals surface area (Å²) in [6.45, 7) is 1.54. The van der Waals surface area contributed by atoms with Crippen LogP contribution in [0.1, 0.15) is 13.3 Å². The minimum Gasteiger partial charge on any atom is -0.388 e. The molecule has 1 heterocycles. The van der Waals surface area contributed by atoms with Crippen LogP contribution in [0, 0.1) is 11.3 Å². The zero-order chi connectivity index (χ0) is 10.1. The summed E-state index contributed by atoms with van der Waals surface area (Å²) in [5.74, 6) is 0. The summed E-state index contributed by atoms with van der Waals surface area (Å²) in [5.41, 5.74) is -1.66. The van der Waals surface area contributed by atoms with Gasteiger partial charge in [-0.05, 0) is 6.92 Å². The van der Waals surface area contributed by atoms with Gasteiger partial charge in [-0.1, -0.05) is 0 Å². The first-order valence-electron chi connectivity index (χ1n) is 4.09. The first kappa shape index (κ1) is 10.4. The van der Waals surface area contributed by atoms with Crippen LogP contribution in [0.4, 0.5) is 0 Å². The zero-order valence-corrected chi connectivity index (χ0v) is 7.34. The first-order chi connectivity index (χ1) is 6.02. The van der Waals surface area contributed by atoms with Gasteiger partial charge < -0.3 is 20.1 Å². The molecule has 4 atom stereocenters. The highest BCUT2D eigenvalue weighted by atomic mass is 16.5. The van der Waals surface area contributed by atoms with Gasteiger partial charge >= 0.3 is 0 Å². The van der Waals surface area contributed by atoms with Crippen molar-refractivity contribution in [3.05, 3.63) is 0 Å². The fraction of sp³-hybridized carbons (Fsp3) is 0.875. The van der Waals surface area contributed by atoms with Gasteiger partial charge in [0.1, 0.15) is 17.8 Å². The van der Waals surface area contributed by atoms with Gasteiger partial charge in [0.2, 0.25) is 0 Å². The molecule has 13 heavy (non-hydrogen) atoms. The summed E-state index contributed by atoms with van der Waals surface area (Å²) in [6.07, 6.45) is -3.36. The van der Waals surface area contributed by atoms with Gasteiger partial charge in [0.25, 0.3) is 0 Å². The lowest BCUT2D eigenvalue weighted by Crippen LogP contribution is -2.61. The standard InChI is InChI=1S/C8H13NO4/c1-5-8(12,2-3-9)7(11)6(10)4-13-5/h5-7,10-12H,2,4H2,1H3/t5?,6?,7?,8-/m1/s1. The Bertz CT molecular complexity index is 227. The van der Waals surface area contributed by atoms with Gasteiger partial charge in [0, 0.05) is 0 Å². The summed E-state index contributed by atoms with van der Waals surface area (Å²) < 4.78 is 5.02. The maximum Gasteiger partial charge on any atom is 0.132 e. The molecule has 3 N–H and O–H groups in total. The Morgan fingerprint density at radius 1 is 1.62 bits per heavy atom. The van der Waals surface area contributed by atoms with Crippen molar-refractivity contribution < 1.29 is 20.1 Å². The average molecular weight is 187 g/mol. The molecule has 74 valence electrons. The molecule has 5 heteroatoms. The van der Waals surface area contributed by atoms with Crippen molar-refractivity contribution in [3.8, 4) is 6.07 Å². The summed E-state index contributed by atoms with van der Waals surface area (Å²) in [6, 6.07) is 1.76. The molecule has 1 aliphatic heterocycles. The van der Waals surface area contributed by atoms with Gasteiger partial charge in [0.05, 0.1) is 25.2 Å². The molecular weight excluding hydrogens is 174 g/mol. The third kappa shape index (κ3) is 1.67. The molecule has 0 aromatic rings. The van der Waals surface area contributed by atoms with E-state index < -0.39 is 23.9 Å². The number of hydrogen-bond acceptors (Lipinski definition) is 5. The highest BCUT2D eigenvalue weighted by Crippen LogP contribution is 2.28. The van der Waals surface area contributed by atoms with Crippen molar-refractivity contribution in [1.29, 1.82) is 5.26 Å². The highest BCUT2D eigenvalue weighted by molar-refractivity contribution is 5.03. The lowest BCUT2D eigenvalue weighted by atomic mass is 9.83. The predicted molar refractivity (Wildman–Crippen MR) is 42.6 cm³/mol. The molecule has 0 aromatic carbocycles. The van der Waals surface area contributed by atoms with E-state index in [1.807, 2.05) is 0 Å². The minimum absolute atomic E-state index is 0.0178. The van der Waals surface area contributed by atoms with Crippen LogP contribution in [0.2, 0.25) is 0 Å². The number of ether oxygens (including phenoxy) is 1. The van der Waals surface area contributed by atoms with Crippen LogP contribution in [0.3, 0.4) is 0 Å². The van der Waals surface area contributed by atoms with E-state index in [0.29, 0.717) is 0 Å². The molecule has 5 nitrogen and oxygen atoms in total. The molecule has 1 rings (SSSR count). The summed E-state index contributed by atoms with van der Waals surface area (Å²) >= 11 is 0. The van der Waals surface area contributed by atoms with Gasteiger partial charge in [-0.2, -0.15) is 5.26 Å². The molecule has 0 bridgehead atoms. The number of nitriles is 1. The number of aliphatic hydroxyl groups is 3.